The first-order valence-electron chi connectivity index (χ1n) is 5.01. The highest BCUT2D eigenvalue weighted by Crippen LogP contribution is 2.27. The zero-order valence-electron chi connectivity index (χ0n) is 10.0. The number of Topliss-reactive ketones (excluding diaryl/α,β-unsaturated/α-hetero) is 1. The molecule has 0 aliphatic carbocycles. The second-order valence-corrected chi connectivity index (χ2v) is 5.72. The van der Waals surface area contributed by atoms with Gasteiger partial charge in [0.05, 0.1) is 9.52 Å². The molecule has 1 rings (SSSR count). The molecule has 2 radical (unpaired) electrons. The van der Waals surface area contributed by atoms with Crippen molar-refractivity contribution < 1.29 is 22.4 Å². The van der Waals surface area contributed by atoms with Gasteiger partial charge in [0.25, 0.3) is 0 Å². The summed E-state index contributed by atoms with van der Waals surface area (Å²) in [5, 5.41) is 0.331. The maximum absolute atomic E-state index is 12.4. The summed E-state index contributed by atoms with van der Waals surface area (Å²) < 4.78 is 42.1. The number of hydrogen-bond donors (Lipinski definition) is 0. The molecule has 1 aromatic rings. The molecule has 0 aliphatic heterocycles. The molecule has 0 unspecified atom stereocenters. The van der Waals surface area contributed by atoms with Gasteiger partial charge in [-0.2, -0.15) is 13.2 Å². The molecule has 94 valence electrons. The van der Waals surface area contributed by atoms with Crippen molar-refractivity contribution in [3.63, 3.8) is 0 Å². The Hall–Kier alpha value is -1.04. The molecular weight excluding hydrogens is 249 g/mol. The Morgan fingerprint density at radius 1 is 1.29 bits per heavy atom. The Labute approximate surface area is 100 Å². The zero-order valence-corrected chi connectivity index (χ0v) is 11.0. The van der Waals surface area contributed by atoms with E-state index in [1.165, 1.54) is 6.07 Å². The maximum atomic E-state index is 12.4. The molecule has 0 saturated carbocycles. The predicted molar refractivity (Wildman–Crippen MR) is 59.0 cm³/mol. The molecule has 0 saturated heterocycles. The molecular formula is C11H13F3O2Si. The number of furan rings is 1. The molecule has 1 aromatic heterocycles. The average molecular weight is 262 g/mol. The van der Waals surface area contributed by atoms with E-state index in [4.69, 9.17) is 4.42 Å². The topological polar surface area (TPSA) is 30.2 Å². The van der Waals surface area contributed by atoms with Crippen LogP contribution in [0.5, 0.6) is 0 Å². The summed E-state index contributed by atoms with van der Waals surface area (Å²) in [6, 6.07) is 1.54. The normalized spacial score (nSPS) is 12.9. The number of alkyl halides is 3. The lowest BCUT2D eigenvalue weighted by Gasteiger charge is -2.14. The van der Waals surface area contributed by atoms with Crippen molar-refractivity contribution in [2.45, 2.75) is 38.9 Å². The lowest BCUT2D eigenvalue weighted by Crippen LogP contribution is -2.28. The second kappa shape index (κ2) is 4.32. The Kier molecular flexibility index (Phi) is 3.57. The molecule has 2 nitrogen and oxygen atoms in total. The first-order chi connectivity index (χ1) is 7.57. The van der Waals surface area contributed by atoms with Gasteiger partial charge in [-0.05, 0) is 11.3 Å². The number of carbonyl (C=O) groups excluding carboxylic acids is 1. The summed E-state index contributed by atoms with van der Waals surface area (Å²) >= 11 is 0. The van der Waals surface area contributed by atoms with E-state index < -0.39 is 23.1 Å². The molecule has 6 heteroatoms. The molecule has 0 amide bonds. The third kappa shape index (κ3) is 2.99. The van der Waals surface area contributed by atoms with Crippen molar-refractivity contribution in [3.05, 3.63) is 17.6 Å². The highest BCUT2D eigenvalue weighted by molar-refractivity contribution is 6.54. The van der Waals surface area contributed by atoms with Crippen LogP contribution in [0.25, 0.3) is 0 Å². The molecule has 0 fully saturated rings. The second-order valence-electron chi connectivity index (χ2n) is 4.68. The zero-order chi connectivity index (χ0) is 13.4. The first-order valence-corrected chi connectivity index (χ1v) is 6.51. The van der Waals surface area contributed by atoms with Crippen LogP contribution >= 0.6 is 0 Å². The molecule has 0 aliphatic rings. The minimum atomic E-state index is -4.89. The van der Waals surface area contributed by atoms with Gasteiger partial charge in [-0.15, -0.1) is 0 Å². The summed E-state index contributed by atoms with van der Waals surface area (Å²) in [5.74, 6) is -2.07. The Bertz CT molecular complexity index is 427. The van der Waals surface area contributed by atoms with Gasteiger partial charge in [0.1, 0.15) is 5.76 Å². The van der Waals surface area contributed by atoms with E-state index in [1.54, 1.807) is 6.55 Å². The third-order valence-electron chi connectivity index (χ3n) is 2.20. The highest BCUT2D eigenvalue weighted by Gasteiger charge is 2.43. The fourth-order valence-corrected chi connectivity index (χ4v) is 1.91. The van der Waals surface area contributed by atoms with E-state index in [2.05, 4.69) is 0 Å². The third-order valence-corrected chi connectivity index (χ3v) is 3.11. The van der Waals surface area contributed by atoms with Crippen LogP contribution < -0.4 is 5.19 Å². The van der Waals surface area contributed by atoms with Gasteiger partial charge in [0, 0.05) is 5.41 Å². The fraction of sp³-hybridized carbons (Fsp3) is 0.545. The Morgan fingerprint density at radius 2 is 1.82 bits per heavy atom. The average Bonchev–Trinajstić information content (AvgIpc) is 2.57. The summed E-state index contributed by atoms with van der Waals surface area (Å²) in [7, 11) is 0.0860. The van der Waals surface area contributed by atoms with Gasteiger partial charge in [0.15, 0.2) is 5.76 Å². The molecule has 1 heterocycles. The smallest absolute Gasteiger partial charge is 0.457 e. The molecule has 0 bridgehead atoms. The number of halogens is 3. The predicted octanol–water partition coefficient (Wildman–Crippen LogP) is 2.70. The van der Waals surface area contributed by atoms with E-state index >= 15 is 0 Å². The quantitative estimate of drug-likeness (QED) is 0.606. The molecule has 0 atom stereocenters. The Balaban J connectivity index is 3.26. The number of hydrogen-bond acceptors (Lipinski definition) is 2. The van der Waals surface area contributed by atoms with E-state index in [0.717, 1.165) is 0 Å². The first kappa shape index (κ1) is 14.0. The van der Waals surface area contributed by atoms with Crippen LogP contribution in [-0.2, 0) is 5.41 Å². The Morgan fingerprint density at radius 3 is 2.18 bits per heavy atom. The number of carbonyl (C=O) groups is 1. The van der Waals surface area contributed by atoms with Crippen LogP contribution in [0.4, 0.5) is 13.2 Å². The molecule has 17 heavy (non-hydrogen) atoms. The van der Waals surface area contributed by atoms with Gasteiger partial charge < -0.3 is 4.42 Å². The highest BCUT2D eigenvalue weighted by atomic mass is 28.2. The molecule has 0 N–H and O–H groups in total. The summed E-state index contributed by atoms with van der Waals surface area (Å²) in [6.45, 7) is 7.16. The van der Waals surface area contributed by atoms with Crippen molar-refractivity contribution >= 4 is 20.5 Å². The minimum absolute atomic E-state index is 0.0860. The van der Waals surface area contributed by atoms with Gasteiger partial charge in [-0.3, -0.25) is 4.79 Å². The SMILES string of the molecule is C[Si]c1cc(C(C)(C)C)oc1C(=O)C(F)(F)F. The van der Waals surface area contributed by atoms with Gasteiger partial charge in [-0.1, -0.05) is 27.3 Å². The van der Waals surface area contributed by atoms with Crippen molar-refractivity contribution in [1.82, 2.24) is 0 Å². The van der Waals surface area contributed by atoms with E-state index in [0.29, 0.717) is 10.9 Å². The summed E-state index contributed by atoms with van der Waals surface area (Å²) in [5.41, 5.74) is -0.418. The lowest BCUT2D eigenvalue weighted by molar-refractivity contribution is -0.0899. The molecule has 0 spiro atoms. The van der Waals surface area contributed by atoms with Crippen LogP contribution in [-0.4, -0.2) is 21.5 Å². The van der Waals surface area contributed by atoms with E-state index in [-0.39, 0.29) is 9.52 Å². The largest absolute Gasteiger partial charge is 0.458 e. The van der Waals surface area contributed by atoms with Crippen molar-refractivity contribution in [2.75, 3.05) is 0 Å². The van der Waals surface area contributed by atoms with Gasteiger partial charge in [-0.25, -0.2) is 0 Å². The monoisotopic (exact) mass is 262 g/mol. The van der Waals surface area contributed by atoms with E-state index in [9.17, 15) is 18.0 Å². The van der Waals surface area contributed by atoms with Crippen LogP contribution in [0.2, 0.25) is 6.55 Å². The maximum Gasteiger partial charge on any atom is 0.458 e. The molecule has 0 aromatic carbocycles. The van der Waals surface area contributed by atoms with Crippen LogP contribution in [0.1, 0.15) is 37.1 Å². The number of rotatable bonds is 2. The fourth-order valence-electron chi connectivity index (χ4n) is 1.24. The van der Waals surface area contributed by atoms with Crippen LogP contribution in [0.3, 0.4) is 0 Å². The van der Waals surface area contributed by atoms with Crippen molar-refractivity contribution in [2.24, 2.45) is 0 Å². The lowest BCUT2D eigenvalue weighted by atomic mass is 9.94. The standard InChI is InChI=1S/C11H13F3O2Si/c1-10(2,3)7-5-6(17-4)8(16-7)9(15)11(12,13)14/h5H,1-4H3. The van der Waals surface area contributed by atoms with Crippen molar-refractivity contribution in [3.8, 4) is 0 Å². The van der Waals surface area contributed by atoms with Crippen molar-refractivity contribution in [1.29, 1.82) is 0 Å². The number of ketones is 1. The van der Waals surface area contributed by atoms with Crippen LogP contribution in [0, 0.1) is 0 Å². The van der Waals surface area contributed by atoms with E-state index in [1.807, 2.05) is 20.8 Å². The summed E-state index contributed by atoms with van der Waals surface area (Å²) in [6.07, 6.45) is -4.89. The van der Waals surface area contributed by atoms with Gasteiger partial charge >= 0.3 is 12.0 Å². The minimum Gasteiger partial charge on any atom is -0.457 e. The van der Waals surface area contributed by atoms with Gasteiger partial charge in [0.2, 0.25) is 0 Å². The van der Waals surface area contributed by atoms with Crippen LogP contribution in [0.15, 0.2) is 10.5 Å². The summed E-state index contributed by atoms with van der Waals surface area (Å²) in [4.78, 5) is 11.2.